The monoisotopic (exact) mass is 223 g/mol. The molecule has 1 aliphatic carbocycles. The maximum atomic E-state index is 2.65. The minimum atomic E-state index is 0.482. The van der Waals surface area contributed by atoms with E-state index in [4.69, 9.17) is 0 Å². The van der Waals surface area contributed by atoms with Crippen LogP contribution >= 0.6 is 0 Å². The van der Waals surface area contributed by atoms with Crippen molar-refractivity contribution in [2.45, 2.75) is 59.3 Å². The van der Waals surface area contributed by atoms with E-state index in [-0.39, 0.29) is 0 Å². The maximum Gasteiger partial charge on any atom is 0.00303 e. The van der Waals surface area contributed by atoms with Gasteiger partial charge in [-0.15, -0.1) is 0 Å². The number of nitrogens with zero attached hydrogens (tertiary/aromatic N) is 1. The minimum Gasteiger partial charge on any atom is -0.302 e. The highest BCUT2D eigenvalue weighted by Gasteiger charge is 2.31. The normalized spacial score (nSPS) is 25.7. The largest absolute Gasteiger partial charge is 0.302 e. The summed E-state index contributed by atoms with van der Waals surface area (Å²) in [6.07, 6.45) is 9.08. The topological polar surface area (TPSA) is 3.24 Å². The number of likely N-dealkylation sites (tertiary alicyclic amines) is 1. The van der Waals surface area contributed by atoms with Crippen LogP contribution in [-0.2, 0) is 0 Å². The Bertz CT molecular complexity index is 204. The van der Waals surface area contributed by atoms with E-state index in [1.165, 1.54) is 58.2 Å². The number of rotatable bonds is 3. The Morgan fingerprint density at radius 3 is 2.12 bits per heavy atom. The SMILES string of the molecule is CC(C)(C)CN1CC(CC2CCCCC2)C1. The highest BCUT2D eigenvalue weighted by Crippen LogP contribution is 2.33. The molecule has 0 spiro atoms. The van der Waals surface area contributed by atoms with Crippen molar-refractivity contribution in [2.24, 2.45) is 17.3 Å². The van der Waals surface area contributed by atoms with E-state index in [0.717, 1.165) is 11.8 Å². The van der Waals surface area contributed by atoms with E-state index < -0.39 is 0 Å². The Kier molecular flexibility index (Phi) is 3.94. The lowest BCUT2D eigenvalue weighted by Gasteiger charge is -2.44. The van der Waals surface area contributed by atoms with Crippen LogP contribution in [0.4, 0.5) is 0 Å². The maximum absolute atomic E-state index is 2.65. The summed E-state index contributed by atoms with van der Waals surface area (Å²) in [6, 6.07) is 0. The third-order valence-electron chi connectivity index (χ3n) is 4.12. The Morgan fingerprint density at radius 2 is 1.56 bits per heavy atom. The molecule has 0 atom stereocenters. The summed E-state index contributed by atoms with van der Waals surface area (Å²) < 4.78 is 0. The van der Waals surface area contributed by atoms with E-state index in [1.807, 2.05) is 0 Å². The van der Waals surface area contributed by atoms with Gasteiger partial charge >= 0.3 is 0 Å². The second-order valence-corrected chi connectivity index (χ2v) is 7.36. The molecule has 0 unspecified atom stereocenters. The first kappa shape index (κ1) is 12.4. The molecule has 0 N–H and O–H groups in total. The molecule has 2 fully saturated rings. The molecule has 2 rings (SSSR count). The first-order valence-corrected chi connectivity index (χ1v) is 7.25. The summed E-state index contributed by atoms with van der Waals surface area (Å²) in [6.45, 7) is 11.1. The molecule has 1 heterocycles. The summed E-state index contributed by atoms with van der Waals surface area (Å²) in [7, 11) is 0. The molecule has 1 aliphatic heterocycles. The Morgan fingerprint density at radius 1 is 0.938 bits per heavy atom. The fourth-order valence-electron chi connectivity index (χ4n) is 3.52. The van der Waals surface area contributed by atoms with E-state index in [9.17, 15) is 0 Å². The van der Waals surface area contributed by atoms with Crippen LogP contribution in [0, 0.1) is 17.3 Å². The van der Waals surface area contributed by atoms with Crippen molar-refractivity contribution in [1.82, 2.24) is 4.90 Å². The van der Waals surface area contributed by atoms with Gasteiger partial charge in [-0.3, -0.25) is 0 Å². The molecule has 1 heteroatoms. The molecular weight excluding hydrogens is 194 g/mol. The Labute approximate surface area is 102 Å². The van der Waals surface area contributed by atoms with Crippen molar-refractivity contribution >= 4 is 0 Å². The van der Waals surface area contributed by atoms with Gasteiger partial charge in [-0.05, 0) is 23.7 Å². The lowest BCUT2D eigenvalue weighted by atomic mass is 9.80. The quantitative estimate of drug-likeness (QED) is 0.700. The summed E-state index contributed by atoms with van der Waals surface area (Å²) in [5.41, 5.74) is 0.482. The van der Waals surface area contributed by atoms with Crippen LogP contribution in [0.5, 0.6) is 0 Å². The number of hydrogen-bond acceptors (Lipinski definition) is 1. The van der Waals surface area contributed by atoms with Crippen molar-refractivity contribution in [3.63, 3.8) is 0 Å². The second kappa shape index (κ2) is 5.08. The van der Waals surface area contributed by atoms with Crippen LogP contribution in [-0.4, -0.2) is 24.5 Å². The van der Waals surface area contributed by atoms with Gasteiger partial charge in [0.25, 0.3) is 0 Å². The van der Waals surface area contributed by atoms with Crippen molar-refractivity contribution in [2.75, 3.05) is 19.6 Å². The van der Waals surface area contributed by atoms with E-state index >= 15 is 0 Å². The Hall–Kier alpha value is -0.0400. The highest BCUT2D eigenvalue weighted by atomic mass is 15.2. The first-order valence-electron chi connectivity index (χ1n) is 7.25. The third kappa shape index (κ3) is 3.76. The van der Waals surface area contributed by atoms with Gasteiger partial charge in [0.15, 0.2) is 0 Å². The standard InChI is InChI=1S/C15H29N/c1-15(2,3)12-16-10-14(11-16)9-13-7-5-4-6-8-13/h13-14H,4-12H2,1-3H3. The fraction of sp³-hybridized carbons (Fsp3) is 1.00. The van der Waals surface area contributed by atoms with Crippen LogP contribution in [0.1, 0.15) is 59.3 Å². The average molecular weight is 223 g/mol. The van der Waals surface area contributed by atoms with Gasteiger partial charge in [0.1, 0.15) is 0 Å². The molecule has 0 bridgehead atoms. The molecule has 0 aromatic heterocycles. The summed E-state index contributed by atoms with van der Waals surface area (Å²) in [5.74, 6) is 2.11. The van der Waals surface area contributed by atoms with Crippen molar-refractivity contribution in [3.05, 3.63) is 0 Å². The van der Waals surface area contributed by atoms with Gasteiger partial charge in [0, 0.05) is 19.6 Å². The van der Waals surface area contributed by atoms with Gasteiger partial charge in [0.05, 0.1) is 0 Å². The molecule has 1 nitrogen and oxygen atoms in total. The highest BCUT2D eigenvalue weighted by molar-refractivity contribution is 4.84. The van der Waals surface area contributed by atoms with Crippen LogP contribution < -0.4 is 0 Å². The van der Waals surface area contributed by atoms with Gasteiger partial charge in [-0.25, -0.2) is 0 Å². The van der Waals surface area contributed by atoms with Crippen LogP contribution in [0.2, 0.25) is 0 Å². The zero-order chi connectivity index (χ0) is 11.6. The summed E-state index contributed by atoms with van der Waals surface area (Å²) in [4.78, 5) is 2.65. The molecule has 0 amide bonds. The van der Waals surface area contributed by atoms with Gasteiger partial charge in [-0.2, -0.15) is 0 Å². The first-order chi connectivity index (χ1) is 7.53. The molecule has 2 aliphatic rings. The van der Waals surface area contributed by atoms with E-state index in [1.54, 1.807) is 0 Å². The smallest absolute Gasteiger partial charge is 0.00303 e. The summed E-state index contributed by atoms with van der Waals surface area (Å²) in [5, 5.41) is 0. The predicted molar refractivity (Wildman–Crippen MR) is 70.6 cm³/mol. The summed E-state index contributed by atoms with van der Waals surface area (Å²) >= 11 is 0. The molecule has 0 aromatic carbocycles. The second-order valence-electron chi connectivity index (χ2n) is 7.36. The molecule has 0 radical (unpaired) electrons. The van der Waals surface area contributed by atoms with Crippen molar-refractivity contribution in [1.29, 1.82) is 0 Å². The van der Waals surface area contributed by atoms with Crippen LogP contribution in [0.3, 0.4) is 0 Å². The van der Waals surface area contributed by atoms with Gasteiger partial charge < -0.3 is 4.90 Å². The Balaban J connectivity index is 1.61. The number of hydrogen-bond donors (Lipinski definition) is 0. The van der Waals surface area contributed by atoms with Crippen molar-refractivity contribution < 1.29 is 0 Å². The van der Waals surface area contributed by atoms with Crippen LogP contribution in [0.25, 0.3) is 0 Å². The molecule has 1 saturated carbocycles. The van der Waals surface area contributed by atoms with Gasteiger partial charge in [-0.1, -0.05) is 52.9 Å². The van der Waals surface area contributed by atoms with Crippen molar-refractivity contribution in [3.8, 4) is 0 Å². The van der Waals surface area contributed by atoms with E-state index in [2.05, 4.69) is 25.7 Å². The third-order valence-corrected chi connectivity index (χ3v) is 4.12. The van der Waals surface area contributed by atoms with Crippen LogP contribution in [0.15, 0.2) is 0 Å². The molecule has 1 saturated heterocycles. The lowest BCUT2D eigenvalue weighted by Crippen LogP contribution is -2.50. The lowest BCUT2D eigenvalue weighted by molar-refractivity contribution is 0.0464. The molecule has 94 valence electrons. The fourth-order valence-corrected chi connectivity index (χ4v) is 3.52. The minimum absolute atomic E-state index is 0.482. The predicted octanol–water partition coefficient (Wildman–Crippen LogP) is 3.93. The van der Waals surface area contributed by atoms with E-state index in [0.29, 0.717) is 5.41 Å². The zero-order valence-corrected chi connectivity index (χ0v) is 11.5. The molecule has 16 heavy (non-hydrogen) atoms. The molecule has 0 aromatic rings. The molecular formula is C15H29N. The van der Waals surface area contributed by atoms with Gasteiger partial charge in [0.2, 0.25) is 0 Å². The average Bonchev–Trinajstić information content (AvgIpc) is 2.14. The zero-order valence-electron chi connectivity index (χ0n) is 11.5.